The molecule has 0 radical (unpaired) electrons. The molecule has 0 bridgehead atoms. The van der Waals surface area contributed by atoms with E-state index in [-0.39, 0.29) is 17.9 Å². The highest BCUT2D eigenvalue weighted by molar-refractivity contribution is 6.04. The van der Waals surface area contributed by atoms with Crippen LogP contribution in [0, 0.1) is 5.92 Å². The summed E-state index contributed by atoms with van der Waals surface area (Å²) < 4.78 is 0. The van der Waals surface area contributed by atoms with Gasteiger partial charge in [0.15, 0.2) is 0 Å². The van der Waals surface area contributed by atoms with Gasteiger partial charge in [-0.15, -0.1) is 0 Å². The summed E-state index contributed by atoms with van der Waals surface area (Å²) in [5, 5.41) is 5.87. The minimum atomic E-state index is -0.137. The fourth-order valence-corrected chi connectivity index (χ4v) is 2.66. The Kier molecular flexibility index (Phi) is 7.55. The van der Waals surface area contributed by atoms with Crippen LogP contribution in [-0.4, -0.2) is 36.9 Å². The van der Waals surface area contributed by atoms with Crippen molar-refractivity contribution in [3.05, 3.63) is 65.7 Å². The maximum atomic E-state index is 12.3. The summed E-state index contributed by atoms with van der Waals surface area (Å²) in [5.74, 6) is 0.315. The average Bonchev–Trinajstić information content (AvgIpc) is 2.66. The molecule has 0 aliphatic heterocycles. The van der Waals surface area contributed by atoms with Crippen molar-refractivity contribution in [1.29, 1.82) is 0 Å². The molecule has 2 aromatic rings. The van der Waals surface area contributed by atoms with Gasteiger partial charge in [0.1, 0.15) is 0 Å². The molecule has 2 aromatic carbocycles. The van der Waals surface area contributed by atoms with E-state index in [2.05, 4.69) is 24.5 Å². The second kappa shape index (κ2) is 9.88. The maximum absolute atomic E-state index is 12.3. The van der Waals surface area contributed by atoms with E-state index in [0.29, 0.717) is 24.6 Å². The van der Waals surface area contributed by atoms with E-state index in [9.17, 15) is 9.59 Å². The first-order valence-corrected chi connectivity index (χ1v) is 9.30. The Morgan fingerprint density at radius 2 is 1.70 bits per heavy atom. The van der Waals surface area contributed by atoms with Crippen molar-refractivity contribution in [1.82, 2.24) is 10.2 Å². The predicted molar refractivity (Wildman–Crippen MR) is 110 cm³/mol. The molecule has 0 aromatic heterocycles. The molecule has 2 amide bonds. The standard InChI is InChI=1S/C22H29N3O2/c1-16(2)14-23-21(26)15-25(4)17(3)19-11-8-12-20(13-19)24-22(27)18-9-6-5-7-10-18/h5-13,16-17H,14-15H2,1-4H3,(H,23,26)(H,24,27)/t17-/m0/s1. The van der Waals surface area contributed by atoms with Crippen LogP contribution in [0.1, 0.15) is 42.7 Å². The summed E-state index contributed by atoms with van der Waals surface area (Å²) in [4.78, 5) is 26.4. The fraction of sp³-hybridized carbons (Fsp3) is 0.364. The number of amides is 2. The second-order valence-corrected chi connectivity index (χ2v) is 7.23. The van der Waals surface area contributed by atoms with Gasteiger partial charge >= 0.3 is 0 Å². The minimum absolute atomic E-state index is 0.0200. The van der Waals surface area contributed by atoms with Gasteiger partial charge in [0, 0.05) is 23.8 Å². The van der Waals surface area contributed by atoms with Gasteiger partial charge in [0.05, 0.1) is 6.54 Å². The third-order valence-electron chi connectivity index (χ3n) is 4.42. The predicted octanol–water partition coefficient (Wildman–Crippen LogP) is 3.70. The zero-order chi connectivity index (χ0) is 19.8. The average molecular weight is 367 g/mol. The number of hydrogen-bond donors (Lipinski definition) is 2. The number of nitrogens with one attached hydrogen (secondary N) is 2. The topological polar surface area (TPSA) is 61.4 Å². The van der Waals surface area contributed by atoms with Gasteiger partial charge < -0.3 is 10.6 Å². The molecule has 5 heteroatoms. The van der Waals surface area contributed by atoms with E-state index < -0.39 is 0 Å². The van der Waals surface area contributed by atoms with Gasteiger partial charge in [-0.1, -0.05) is 44.2 Å². The van der Waals surface area contributed by atoms with E-state index in [1.807, 2.05) is 61.3 Å². The first-order chi connectivity index (χ1) is 12.9. The minimum Gasteiger partial charge on any atom is -0.355 e. The molecule has 0 saturated carbocycles. The number of carbonyl (C=O) groups excluding carboxylic acids is 2. The molecule has 0 saturated heterocycles. The van der Waals surface area contributed by atoms with E-state index in [1.54, 1.807) is 12.1 Å². The van der Waals surface area contributed by atoms with Crippen LogP contribution in [0.3, 0.4) is 0 Å². The molecule has 0 spiro atoms. The van der Waals surface area contributed by atoms with Crippen molar-refractivity contribution in [2.24, 2.45) is 5.92 Å². The summed E-state index contributed by atoms with van der Waals surface area (Å²) in [5.41, 5.74) is 2.40. The Morgan fingerprint density at radius 1 is 1.00 bits per heavy atom. The summed E-state index contributed by atoms with van der Waals surface area (Å²) in [6.07, 6.45) is 0. The zero-order valence-electron chi connectivity index (χ0n) is 16.5. The Hall–Kier alpha value is -2.66. The van der Waals surface area contributed by atoms with Gasteiger partial charge in [-0.05, 0) is 49.7 Å². The van der Waals surface area contributed by atoms with Crippen molar-refractivity contribution in [2.75, 3.05) is 25.5 Å². The monoisotopic (exact) mass is 367 g/mol. The molecule has 2 rings (SSSR count). The number of likely N-dealkylation sites (N-methyl/N-ethyl adjacent to an activating group) is 1. The van der Waals surface area contributed by atoms with Crippen LogP contribution in [0.4, 0.5) is 5.69 Å². The lowest BCUT2D eigenvalue weighted by Crippen LogP contribution is -2.37. The largest absolute Gasteiger partial charge is 0.355 e. The molecule has 0 aliphatic rings. The number of benzene rings is 2. The highest BCUT2D eigenvalue weighted by atomic mass is 16.2. The van der Waals surface area contributed by atoms with Crippen molar-refractivity contribution >= 4 is 17.5 Å². The molecule has 0 aliphatic carbocycles. The number of hydrogen-bond acceptors (Lipinski definition) is 3. The summed E-state index contributed by atoms with van der Waals surface area (Å²) in [7, 11) is 1.93. The third-order valence-corrected chi connectivity index (χ3v) is 4.42. The Bertz CT molecular complexity index is 759. The van der Waals surface area contributed by atoms with Crippen molar-refractivity contribution in [2.45, 2.75) is 26.8 Å². The zero-order valence-corrected chi connectivity index (χ0v) is 16.5. The van der Waals surface area contributed by atoms with Crippen molar-refractivity contribution < 1.29 is 9.59 Å². The number of rotatable bonds is 8. The molecule has 0 unspecified atom stereocenters. The van der Waals surface area contributed by atoms with Gasteiger partial charge in [-0.3, -0.25) is 14.5 Å². The first-order valence-electron chi connectivity index (χ1n) is 9.30. The number of nitrogens with zero attached hydrogens (tertiary/aromatic N) is 1. The van der Waals surface area contributed by atoms with Crippen LogP contribution >= 0.6 is 0 Å². The molecule has 144 valence electrons. The Labute approximate surface area is 161 Å². The van der Waals surface area contributed by atoms with Gasteiger partial charge in [0.2, 0.25) is 5.91 Å². The van der Waals surface area contributed by atoms with Crippen molar-refractivity contribution in [3.8, 4) is 0 Å². The van der Waals surface area contributed by atoms with E-state index in [4.69, 9.17) is 0 Å². The molecule has 0 heterocycles. The van der Waals surface area contributed by atoms with Crippen LogP contribution < -0.4 is 10.6 Å². The maximum Gasteiger partial charge on any atom is 0.255 e. The lowest BCUT2D eigenvalue weighted by atomic mass is 10.1. The second-order valence-electron chi connectivity index (χ2n) is 7.23. The Balaban J connectivity index is 1.99. The lowest BCUT2D eigenvalue weighted by molar-refractivity contribution is -0.122. The van der Waals surface area contributed by atoms with Gasteiger partial charge in [0.25, 0.3) is 5.91 Å². The SMILES string of the molecule is CC(C)CNC(=O)CN(C)[C@@H](C)c1cccc(NC(=O)c2ccccc2)c1. The normalized spacial score (nSPS) is 12.1. The van der Waals surface area contributed by atoms with Crippen molar-refractivity contribution in [3.63, 3.8) is 0 Å². The molecular weight excluding hydrogens is 338 g/mol. The van der Waals surface area contributed by atoms with Crippen LogP contribution in [-0.2, 0) is 4.79 Å². The number of carbonyl (C=O) groups is 2. The molecule has 5 nitrogen and oxygen atoms in total. The molecule has 0 fully saturated rings. The van der Waals surface area contributed by atoms with E-state index in [1.165, 1.54) is 0 Å². The number of anilines is 1. The summed E-state index contributed by atoms with van der Waals surface area (Å²) in [6.45, 7) is 7.20. The molecule has 27 heavy (non-hydrogen) atoms. The molecular formula is C22H29N3O2. The quantitative estimate of drug-likeness (QED) is 0.748. The molecule has 2 N–H and O–H groups in total. The fourth-order valence-electron chi connectivity index (χ4n) is 2.66. The van der Waals surface area contributed by atoms with Crippen LogP contribution in [0.25, 0.3) is 0 Å². The first kappa shape index (κ1) is 20.6. The summed E-state index contributed by atoms with van der Waals surface area (Å²) in [6, 6.07) is 16.9. The van der Waals surface area contributed by atoms with E-state index in [0.717, 1.165) is 11.3 Å². The third kappa shape index (κ3) is 6.53. The van der Waals surface area contributed by atoms with Crippen LogP contribution in [0.15, 0.2) is 54.6 Å². The van der Waals surface area contributed by atoms with Gasteiger partial charge in [-0.2, -0.15) is 0 Å². The smallest absolute Gasteiger partial charge is 0.255 e. The van der Waals surface area contributed by atoms with Gasteiger partial charge in [-0.25, -0.2) is 0 Å². The van der Waals surface area contributed by atoms with Crippen LogP contribution in [0.5, 0.6) is 0 Å². The highest BCUT2D eigenvalue weighted by Crippen LogP contribution is 2.22. The highest BCUT2D eigenvalue weighted by Gasteiger charge is 2.16. The summed E-state index contributed by atoms with van der Waals surface area (Å²) >= 11 is 0. The Morgan fingerprint density at radius 3 is 2.37 bits per heavy atom. The van der Waals surface area contributed by atoms with Crippen LogP contribution in [0.2, 0.25) is 0 Å². The molecule has 1 atom stereocenters. The lowest BCUT2D eigenvalue weighted by Gasteiger charge is -2.25. The van der Waals surface area contributed by atoms with E-state index >= 15 is 0 Å².